The number of oxazole rings is 1. The van der Waals surface area contributed by atoms with E-state index in [-0.39, 0.29) is 30.5 Å². The van der Waals surface area contributed by atoms with Crippen LogP contribution in [0.3, 0.4) is 0 Å². The highest BCUT2D eigenvalue weighted by Gasteiger charge is 2.29. The van der Waals surface area contributed by atoms with E-state index in [0.717, 1.165) is 11.1 Å². The van der Waals surface area contributed by atoms with E-state index in [2.05, 4.69) is 4.98 Å². The van der Waals surface area contributed by atoms with Crippen molar-refractivity contribution in [2.24, 2.45) is 17.8 Å². The quantitative estimate of drug-likeness (QED) is 0.638. The van der Waals surface area contributed by atoms with Gasteiger partial charge >= 0.3 is 5.97 Å². The van der Waals surface area contributed by atoms with Crippen molar-refractivity contribution >= 4 is 17.8 Å². The van der Waals surface area contributed by atoms with Crippen LogP contribution in [0.2, 0.25) is 0 Å². The third-order valence-corrected chi connectivity index (χ3v) is 6.05. The van der Waals surface area contributed by atoms with Gasteiger partial charge in [-0.05, 0) is 37.8 Å². The molecule has 0 spiro atoms. The molecule has 6 atom stereocenters. The first-order valence-corrected chi connectivity index (χ1v) is 11.5. The number of allylic oxidation sites excluding steroid dienone is 3. The van der Waals surface area contributed by atoms with Crippen molar-refractivity contribution < 1.29 is 29.0 Å². The first-order valence-electron chi connectivity index (χ1n) is 11.5. The van der Waals surface area contributed by atoms with Crippen molar-refractivity contribution in [3.63, 3.8) is 0 Å². The highest BCUT2D eigenvalue weighted by Crippen LogP contribution is 2.24. The van der Waals surface area contributed by atoms with Gasteiger partial charge in [-0.3, -0.25) is 9.59 Å². The lowest BCUT2D eigenvalue weighted by Gasteiger charge is -2.26. The maximum absolute atomic E-state index is 12.7. The Balaban J connectivity index is 2.35. The molecule has 0 fully saturated rings. The smallest absolute Gasteiger partial charge is 0.309 e. The molecule has 2 N–H and O–H groups in total. The Hall–Kier alpha value is -2.51. The number of cyclic esters (lactones) is 1. The standard InChI is InChI=1S/C26H37NO6/c1-15-8-7-9-16(2)25(31)19(5)23(29)12-22(28)13-24(30)33-26(17(3)10-15)18(4)11-21-14-32-20(6)27-21/h7-8,10-11,14,16-17,19,22,25-26,28,31H,9,12-13H2,1-6H3/b8-7+,15-10-,18-11+/t16-,17-,19-,22+,25-,26-/m0/s1. The number of aromatic nitrogens is 1. The molecule has 0 aromatic carbocycles. The SMILES string of the molecule is CC1=C/[C@H](C)[C@@H](/C(C)=C/c2coc(C)n2)OC(=O)C[C@H](O)CC(=O)[C@H](C)[C@@H](O)[C@@H](C)C\C=C\1. The topological polar surface area (TPSA) is 110 Å². The molecule has 1 aromatic rings. The molecule has 2 heterocycles. The van der Waals surface area contributed by atoms with Gasteiger partial charge < -0.3 is 19.4 Å². The summed E-state index contributed by atoms with van der Waals surface area (Å²) in [6, 6.07) is 0. The number of carbonyl (C=O) groups excluding carboxylic acids is 2. The fourth-order valence-electron chi connectivity index (χ4n) is 4.10. The van der Waals surface area contributed by atoms with Gasteiger partial charge in [0, 0.05) is 25.2 Å². The first-order chi connectivity index (χ1) is 15.5. The highest BCUT2D eigenvalue weighted by molar-refractivity contribution is 5.82. The second-order valence-corrected chi connectivity index (χ2v) is 9.28. The number of aliphatic hydroxyl groups is 2. The molecule has 0 radical (unpaired) electrons. The van der Waals surface area contributed by atoms with E-state index >= 15 is 0 Å². The fourth-order valence-corrected chi connectivity index (χ4v) is 4.10. The summed E-state index contributed by atoms with van der Waals surface area (Å²) in [6.45, 7) is 11.1. The minimum atomic E-state index is -1.17. The van der Waals surface area contributed by atoms with Crippen LogP contribution in [0.5, 0.6) is 0 Å². The number of Topliss-reactive ketones (excluding diaryl/α,β-unsaturated/α-hetero) is 1. The third kappa shape index (κ3) is 8.09. The molecule has 182 valence electrons. The van der Waals surface area contributed by atoms with E-state index in [1.807, 2.05) is 52.0 Å². The summed E-state index contributed by atoms with van der Waals surface area (Å²) < 4.78 is 11.0. The van der Waals surface area contributed by atoms with Crippen LogP contribution in [0.1, 0.15) is 65.5 Å². The lowest BCUT2D eigenvalue weighted by Crippen LogP contribution is -2.34. The maximum Gasteiger partial charge on any atom is 0.309 e. The highest BCUT2D eigenvalue weighted by atomic mass is 16.5. The number of carbonyl (C=O) groups is 2. The lowest BCUT2D eigenvalue weighted by atomic mass is 9.86. The summed E-state index contributed by atoms with van der Waals surface area (Å²) in [5.74, 6) is -1.23. The molecule has 0 saturated heterocycles. The van der Waals surface area contributed by atoms with Crippen LogP contribution in [-0.4, -0.2) is 45.3 Å². The predicted molar refractivity (Wildman–Crippen MR) is 126 cm³/mol. The number of ether oxygens (including phenoxy) is 1. The average Bonchev–Trinajstić information content (AvgIpc) is 3.14. The van der Waals surface area contributed by atoms with Crippen molar-refractivity contribution in [1.29, 1.82) is 0 Å². The second kappa shape index (κ2) is 12.1. The van der Waals surface area contributed by atoms with Crippen LogP contribution < -0.4 is 0 Å². The van der Waals surface area contributed by atoms with E-state index in [1.165, 1.54) is 6.26 Å². The molecule has 2 rings (SSSR count). The number of esters is 1. The van der Waals surface area contributed by atoms with Crippen LogP contribution in [0.25, 0.3) is 6.08 Å². The van der Waals surface area contributed by atoms with Crippen LogP contribution >= 0.6 is 0 Å². The first kappa shape index (κ1) is 26.7. The molecule has 7 heteroatoms. The summed E-state index contributed by atoms with van der Waals surface area (Å²) in [4.78, 5) is 29.5. The molecule has 0 saturated carbocycles. The number of rotatable bonds is 2. The van der Waals surface area contributed by atoms with Crippen LogP contribution in [0.4, 0.5) is 0 Å². The molecule has 1 aliphatic heterocycles. The number of hydrogen-bond acceptors (Lipinski definition) is 7. The van der Waals surface area contributed by atoms with Crippen molar-refractivity contribution in [2.45, 2.75) is 79.1 Å². The van der Waals surface area contributed by atoms with Crippen molar-refractivity contribution in [3.8, 4) is 0 Å². The Bertz CT molecular complexity index is 912. The van der Waals surface area contributed by atoms with E-state index in [9.17, 15) is 19.8 Å². The zero-order chi connectivity index (χ0) is 24.7. The van der Waals surface area contributed by atoms with E-state index < -0.39 is 30.2 Å². The van der Waals surface area contributed by atoms with Gasteiger partial charge in [0.25, 0.3) is 0 Å². The van der Waals surface area contributed by atoms with Crippen molar-refractivity contribution in [2.75, 3.05) is 0 Å². The third-order valence-electron chi connectivity index (χ3n) is 6.05. The second-order valence-electron chi connectivity index (χ2n) is 9.28. The predicted octanol–water partition coefficient (Wildman–Crippen LogP) is 4.18. The Kier molecular flexibility index (Phi) is 9.80. The minimum absolute atomic E-state index is 0.121. The van der Waals surface area contributed by atoms with E-state index in [1.54, 1.807) is 13.8 Å². The summed E-state index contributed by atoms with van der Waals surface area (Å²) in [5, 5.41) is 20.9. The number of aliphatic hydroxyl groups excluding tert-OH is 2. The molecular weight excluding hydrogens is 422 g/mol. The zero-order valence-corrected chi connectivity index (χ0v) is 20.4. The minimum Gasteiger partial charge on any atom is -0.457 e. The summed E-state index contributed by atoms with van der Waals surface area (Å²) in [6.07, 6.45) is 6.87. The zero-order valence-electron chi connectivity index (χ0n) is 20.4. The molecule has 33 heavy (non-hydrogen) atoms. The average molecular weight is 460 g/mol. The van der Waals surface area contributed by atoms with Gasteiger partial charge in [-0.15, -0.1) is 0 Å². The number of ketones is 1. The van der Waals surface area contributed by atoms with Gasteiger partial charge in [0.1, 0.15) is 23.8 Å². The van der Waals surface area contributed by atoms with Gasteiger partial charge in [0.2, 0.25) is 0 Å². The number of hydrogen-bond donors (Lipinski definition) is 2. The molecule has 0 amide bonds. The Morgan fingerprint density at radius 3 is 2.48 bits per heavy atom. The van der Waals surface area contributed by atoms with Gasteiger partial charge in [-0.25, -0.2) is 4.98 Å². The van der Waals surface area contributed by atoms with Gasteiger partial charge in [0.15, 0.2) is 5.89 Å². The van der Waals surface area contributed by atoms with E-state index in [4.69, 9.17) is 9.15 Å². The molecule has 7 nitrogen and oxygen atoms in total. The van der Waals surface area contributed by atoms with Crippen LogP contribution in [0, 0.1) is 24.7 Å². The molecule has 0 unspecified atom stereocenters. The maximum atomic E-state index is 12.7. The van der Waals surface area contributed by atoms with Gasteiger partial charge in [0.05, 0.1) is 18.6 Å². The normalized spacial score (nSPS) is 33.8. The Labute approximate surface area is 196 Å². The summed E-state index contributed by atoms with van der Waals surface area (Å²) >= 11 is 0. The van der Waals surface area contributed by atoms with E-state index in [0.29, 0.717) is 18.0 Å². The molecular formula is C26H37NO6. The van der Waals surface area contributed by atoms with Crippen LogP contribution in [0.15, 0.2) is 40.1 Å². The van der Waals surface area contributed by atoms with Gasteiger partial charge in [-0.1, -0.05) is 44.6 Å². The number of nitrogens with zero attached hydrogens (tertiary/aromatic N) is 1. The Morgan fingerprint density at radius 1 is 1.15 bits per heavy atom. The molecule has 1 aliphatic rings. The largest absolute Gasteiger partial charge is 0.457 e. The molecule has 0 aliphatic carbocycles. The van der Waals surface area contributed by atoms with Crippen molar-refractivity contribution in [1.82, 2.24) is 4.98 Å². The summed E-state index contributed by atoms with van der Waals surface area (Å²) in [5.41, 5.74) is 2.41. The lowest BCUT2D eigenvalue weighted by molar-refractivity contribution is -0.151. The van der Waals surface area contributed by atoms with Gasteiger partial charge in [-0.2, -0.15) is 0 Å². The number of aryl methyl sites for hydroxylation is 1. The molecule has 1 aromatic heterocycles. The van der Waals surface area contributed by atoms with Crippen LogP contribution in [-0.2, 0) is 14.3 Å². The monoisotopic (exact) mass is 459 g/mol. The van der Waals surface area contributed by atoms with Crippen molar-refractivity contribution in [3.05, 3.63) is 47.2 Å². The fraction of sp³-hybridized carbons (Fsp3) is 0.577. The Morgan fingerprint density at radius 2 is 1.85 bits per heavy atom. The summed E-state index contributed by atoms with van der Waals surface area (Å²) in [7, 11) is 0. The molecule has 0 bridgehead atoms.